The van der Waals surface area contributed by atoms with Gasteiger partial charge in [0.1, 0.15) is 11.8 Å². The summed E-state index contributed by atoms with van der Waals surface area (Å²) >= 11 is 0. The van der Waals surface area contributed by atoms with E-state index in [1.54, 1.807) is 42.5 Å². The molecule has 1 saturated heterocycles. The van der Waals surface area contributed by atoms with Crippen LogP contribution in [0.2, 0.25) is 0 Å². The Morgan fingerprint density at radius 3 is 2.00 bits per heavy atom. The zero-order chi connectivity index (χ0) is 25.1. The fourth-order valence-electron chi connectivity index (χ4n) is 4.07. The van der Waals surface area contributed by atoms with E-state index in [4.69, 9.17) is 23.7 Å². The molecule has 4 rings (SSSR count). The average molecular weight is 480 g/mol. The van der Waals surface area contributed by atoms with E-state index in [0.717, 1.165) is 0 Å². The van der Waals surface area contributed by atoms with Gasteiger partial charge in [-0.3, -0.25) is 19.8 Å². The number of methoxy groups -OCH3 is 4. The minimum atomic E-state index is -0.913. The molecule has 3 aromatic rings. The van der Waals surface area contributed by atoms with Crippen molar-refractivity contribution in [1.82, 2.24) is 0 Å². The first-order chi connectivity index (χ1) is 16.9. The fraction of sp³-hybridized carbons (Fsp3) is 0.240. The number of β-lactam (4-membered cyclic amide) rings is 1. The number of nitrogens with zero attached hydrogens (tertiary/aromatic N) is 2. The number of carbonyl (C=O) groups excluding carboxylic acids is 1. The van der Waals surface area contributed by atoms with Gasteiger partial charge in [-0.15, -0.1) is 0 Å². The zero-order valence-corrected chi connectivity index (χ0v) is 19.6. The van der Waals surface area contributed by atoms with Crippen LogP contribution in [0.15, 0.2) is 60.7 Å². The quantitative estimate of drug-likeness (QED) is 0.255. The molecule has 1 aliphatic heterocycles. The Hall–Kier alpha value is -4.47. The van der Waals surface area contributed by atoms with Crippen LogP contribution in [-0.2, 0) is 4.79 Å². The van der Waals surface area contributed by atoms with Gasteiger partial charge in [0.05, 0.1) is 39.0 Å². The van der Waals surface area contributed by atoms with Crippen LogP contribution in [0, 0.1) is 10.1 Å². The predicted octanol–water partition coefficient (Wildman–Crippen LogP) is 4.16. The summed E-state index contributed by atoms with van der Waals surface area (Å²) < 4.78 is 27.4. The second-order valence-electron chi connectivity index (χ2n) is 7.58. The number of benzene rings is 3. The average Bonchev–Trinajstić information content (AvgIpc) is 2.89. The van der Waals surface area contributed by atoms with E-state index in [9.17, 15) is 14.9 Å². The van der Waals surface area contributed by atoms with Crippen molar-refractivity contribution in [2.75, 3.05) is 33.3 Å². The summed E-state index contributed by atoms with van der Waals surface area (Å²) in [5.74, 6) is 1.39. The minimum Gasteiger partial charge on any atom is -0.493 e. The van der Waals surface area contributed by atoms with Crippen molar-refractivity contribution in [1.29, 1.82) is 0 Å². The molecular formula is C25H24N2O8. The Morgan fingerprint density at radius 1 is 0.829 bits per heavy atom. The van der Waals surface area contributed by atoms with E-state index in [-0.39, 0.29) is 17.3 Å². The Kier molecular flexibility index (Phi) is 6.63. The smallest absolute Gasteiger partial charge is 0.311 e. The van der Waals surface area contributed by atoms with Crippen molar-refractivity contribution in [3.63, 3.8) is 0 Å². The van der Waals surface area contributed by atoms with Gasteiger partial charge in [0, 0.05) is 18.2 Å². The summed E-state index contributed by atoms with van der Waals surface area (Å²) in [5, 5.41) is 11.7. The Labute approximate surface area is 201 Å². The summed E-state index contributed by atoms with van der Waals surface area (Å²) in [6.07, 6.45) is -0.913. The second kappa shape index (κ2) is 9.80. The van der Waals surface area contributed by atoms with Gasteiger partial charge in [-0.1, -0.05) is 24.3 Å². The van der Waals surface area contributed by atoms with Crippen LogP contribution in [0.3, 0.4) is 0 Å². The lowest BCUT2D eigenvalue weighted by Crippen LogP contribution is -2.61. The van der Waals surface area contributed by atoms with E-state index >= 15 is 0 Å². The first-order valence-electron chi connectivity index (χ1n) is 10.6. The highest BCUT2D eigenvalue weighted by molar-refractivity contribution is 6.06. The number of anilines is 1. The van der Waals surface area contributed by atoms with Gasteiger partial charge in [0.15, 0.2) is 17.2 Å². The molecule has 3 aromatic carbocycles. The zero-order valence-electron chi connectivity index (χ0n) is 19.6. The molecule has 1 fully saturated rings. The van der Waals surface area contributed by atoms with Gasteiger partial charge >= 0.3 is 5.69 Å². The summed E-state index contributed by atoms with van der Waals surface area (Å²) in [4.78, 5) is 26.0. The van der Waals surface area contributed by atoms with Gasteiger partial charge in [-0.25, -0.2) is 0 Å². The number of hydrogen-bond acceptors (Lipinski definition) is 8. The number of nitro groups is 1. The van der Waals surface area contributed by atoms with Crippen LogP contribution in [0.4, 0.5) is 11.4 Å². The van der Waals surface area contributed by atoms with Crippen molar-refractivity contribution in [3.05, 3.63) is 76.3 Å². The van der Waals surface area contributed by atoms with Gasteiger partial charge in [0.25, 0.3) is 5.91 Å². The number of hydrogen-bond donors (Lipinski definition) is 0. The number of nitro benzene ring substituents is 1. The van der Waals surface area contributed by atoms with E-state index < -0.39 is 17.1 Å². The normalized spacial score (nSPS) is 16.8. The molecule has 0 unspecified atom stereocenters. The van der Waals surface area contributed by atoms with Crippen molar-refractivity contribution in [2.45, 2.75) is 12.1 Å². The Balaban J connectivity index is 1.82. The molecule has 0 spiro atoms. The van der Waals surface area contributed by atoms with Crippen molar-refractivity contribution in [3.8, 4) is 28.7 Å². The standard InChI is InChI=1S/C25H24N2O8/c1-31-19-11-10-15(12-18(19)27(29)30)22-24(35-17-8-6-5-7-9-17)25(28)26(22)16-13-20(32-2)23(34-4)21(14-16)33-3/h5-14,22,24H,1-4H3/t22-,24-/m1/s1. The van der Waals surface area contributed by atoms with Gasteiger partial charge < -0.3 is 23.7 Å². The van der Waals surface area contributed by atoms with E-state index in [2.05, 4.69) is 0 Å². The first-order valence-corrected chi connectivity index (χ1v) is 10.6. The summed E-state index contributed by atoms with van der Waals surface area (Å²) in [5.41, 5.74) is 0.750. The third kappa shape index (κ3) is 4.25. The van der Waals surface area contributed by atoms with Crippen LogP contribution in [0.5, 0.6) is 28.7 Å². The Morgan fingerprint density at radius 2 is 1.46 bits per heavy atom. The summed E-state index contributed by atoms with van der Waals surface area (Å²) in [6.45, 7) is 0. The first kappa shape index (κ1) is 23.7. The largest absolute Gasteiger partial charge is 0.493 e. The number of amides is 1. The molecular weight excluding hydrogens is 456 g/mol. The number of ether oxygens (including phenoxy) is 5. The van der Waals surface area contributed by atoms with E-state index in [0.29, 0.717) is 34.2 Å². The van der Waals surface area contributed by atoms with Crippen LogP contribution in [0.25, 0.3) is 0 Å². The summed E-state index contributed by atoms with van der Waals surface area (Å²) in [6, 6.07) is 16.1. The summed E-state index contributed by atoms with van der Waals surface area (Å²) in [7, 11) is 5.80. The molecule has 1 aliphatic rings. The SMILES string of the molecule is COc1ccc([C@@H]2[C@@H](Oc3ccccc3)C(=O)N2c2cc(OC)c(OC)c(OC)c2)cc1[N+](=O)[O-]. The van der Waals surface area contributed by atoms with Crippen LogP contribution in [-0.4, -0.2) is 45.4 Å². The van der Waals surface area contributed by atoms with Gasteiger partial charge in [0.2, 0.25) is 11.9 Å². The molecule has 10 nitrogen and oxygen atoms in total. The number of para-hydroxylation sites is 1. The molecule has 0 aromatic heterocycles. The maximum Gasteiger partial charge on any atom is 0.311 e. The van der Waals surface area contributed by atoms with Crippen molar-refractivity contribution >= 4 is 17.3 Å². The van der Waals surface area contributed by atoms with Crippen molar-refractivity contribution < 1.29 is 33.4 Å². The predicted molar refractivity (Wildman–Crippen MR) is 127 cm³/mol. The molecule has 182 valence electrons. The maximum atomic E-state index is 13.4. The van der Waals surface area contributed by atoms with Gasteiger partial charge in [-0.2, -0.15) is 0 Å². The maximum absolute atomic E-state index is 13.4. The number of rotatable bonds is 9. The number of carbonyl (C=O) groups is 1. The van der Waals surface area contributed by atoms with Crippen LogP contribution < -0.4 is 28.6 Å². The van der Waals surface area contributed by atoms with E-state index in [1.807, 2.05) is 6.07 Å². The molecule has 0 bridgehead atoms. The molecule has 0 radical (unpaired) electrons. The lowest BCUT2D eigenvalue weighted by Gasteiger charge is -2.46. The molecule has 1 heterocycles. The van der Waals surface area contributed by atoms with E-state index in [1.165, 1.54) is 45.5 Å². The molecule has 0 N–H and O–H groups in total. The second-order valence-corrected chi connectivity index (χ2v) is 7.58. The highest BCUT2D eigenvalue weighted by Gasteiger charge is 2.52. The third-order valence-corrected chi connectivity index (χ3v) is 5.72. The highest BCUT2D eigenvalue weighted by atomic mass is 16.6. The lowest BCUT2D eigenvalue weighted by atomic mass is 9.89. The molecule has 35 heavy (non-hydrogen) atoms. The van der Waals surface area contributed by atoms with Crippen LogP contribution >= 0.6 is 0 Å². The monoisotopic (exact) mass is 480 g/mol. The fourth-order valence-corrected chi connectivity index (χ4v) is 4.07. The topological polar surface area (TPSA) is 110 Å². The lowest BCUT2D eigenvalue weighted by molar-refractivity contribution is -0.385. The molecule has 1 amide bonds. The third-order valence-electron chi connectivity index (χ3n) is 5.72. The molecule has 0 saturated carbocycles. The minimum absolute atomic E-state index is 0.115. The molecule has 10 heteroatoms. The molecule has 2 atom stereocenters. The molecule has 0 aliphatic carbocycles. The van der Waals surface area contributed by atoms with Gasteiger partial charge in [-0.05, 0) is 23.8 Å². The Bertz CT molecular complexity index is 1220. The highest BCUT2D eigenvalue weighted by Crippen LogP contribution is 2.48. The van der Waals surface area contributed by atoms with Crippen LogP contribution in [0.1, 0.15) is 11.6 Å². The van der Waals surface area contributed by atoms with Crippen molar-refractivity contribution in [2.24, 2.45) is 0 Å².